The molecule has 2 rings (SSSR count). The van der Waals surface area contributed by atoms with Crippen molar-refractivity contribution < 1.29 is 14.3 Å². The zero-order chi connectivity index (χ0) is 13.0. The highest BCUT2D eigenvalue weighted by molar-refractivity contribution is 5.88. The largest absolute Gasteiger partial charge is 0.478 e. The number of furan rings is 1. The lowest BCUT2D eigenvalue weighted by molar-refractivity contribution is 0.0694. The average molecular weight is 251 g/mol. The minimum atomic E-state index is -0.926. The standard InChI is InChI=1S/C14H21NO3/c1-14(6-3-2-4-7-14)10-15-9-12-11(13(16)17)5-8-18-12/h5,8,15H,2-4,6-7,9-10H2,1H3,(H,16,17). The highest BCUT2D eigenvalue weighted by atomic mass is 16.4. The van der Waals surface area contributed by atoms with Crippen LogP contribution in [0.25, 0.3) is 0 Å². The van der Waals surface area contributed by atoms with Crippen molar-refractivity contribution in [1.82, 2.24) is 5.32 Å². The van der Waals surface area contributed by atoms with E-state index in [1.165, 1.54) is 44.4 Å². The lowest BCUT2D eigenvalue weighted by atomic mass is 9.76. The molecule has 4 nitrogen and oxygen atoms in total. The van der Waals surface area contributed by atoms with Crippen LogP contribution in [0.15, 0.2) is 16.7 Å². The van der Waals surface area contributed by atoms with Crippen LogP contribution in [0.1, 0.15) is 55.1 Å². The minimum absolute atomic E-state index is 0.260. The predicted molar refractivity (Wildman–Crippen MR) is 68.6 cm³/mol. The fourth-order valence-corrected chi connectivity index (χ4v) is 2.73. The molecule has 0 bridgehead atoms. The monoisotopic (exact) mass is 251 g/mol. The van der Waals surface area contributed by atoms with Crippen molar-refractivity contribution in [3.05, 3.63) is 23.7 Å². The molecule has 0 spiro atoms. The van der Waals surface area contributed by atoms with Crippen molar-refractivity contribution in [2.24, 2.45) is 5.41 Å². The zero-order valence-corrected chi connectivity index (χ0v) is 10.9. The van der Waals surface area contributed by atoms with E-state index in [1.54, 1.807) is 0 Å². The Balaban J connectivity index is 1.84. The lowest BCUT2D eigenvalue weighted by Gasteiger charge is -2.33. The van der Waals surface area contributed by atoms with E-state index >= 15 is 0 Å². The number of rotatable bonds is 5. The van der Waals surface area contributed by atoms with Gasteiger partial charge in [0.1, 0.15) is 11.3 Å². The molecule has 1 heterocycles. The molecule has 0 radical (unpaired) electrons. The number of aromatic carboxylic acids is 1. The first kappa shape index (κ1) is 13.1. The van der Waals surface area contributed by atoms with E-state index in [-0.39, 0.29) is 5.56 Å². The van der Waals surface area contributed by atoms with Gasteiger partial charge in [-0.05, 0) is 24.3 Å². The van der Waals surface area contributed by atoms with Crippen molar-refractivity contribution >= 4 is 5.97 Å². The van der Waals surface area contributed by atoms with E-state index < -0.39 is 5.97 Å². The van der Waals surface area contributed by atoms with Crippen LogP contribution in [-0.2, 0) is 6.54 Å². The van der Waals surface area contributed by atoms with E-state index in [1.807, 2.05) is 0 Å². The van der Waals surface area contributed by atoms with Gasteiger partial charge in [-0.2, -0.15) is 0 Å². The van der Waals surface area contributed by atoms with Crippen molar-refractivity contribution in [3.8, 4) is 0 Å². The van der Waals surface area contributed by atoms with E-state index in [4.69, 9.17) is 9.52 Å². The molecule has 100 valence electrons. The Labute approximate surface area is 107 Å². The molecule has 0 saturated heterocycles. The summed E-state index contributed by atoms with van der Waals surface area (Å²) in [5.74, 6) is -0.411. The van der Waals surface area contributed by atoms with Crippen LogP contribution in [0.3, 0.4) is 0 Å². The fraction of sp³-hybridized carbons (Fsp3) is 0.643. The summed E-state index contributed by atoms with van der Waals surface area (Å²) >= 11 is 0. The summed E-state index contributed by atoms with van der Waals surface area (Å²) in [7, 11) is 0. The molecule has 4 heteroatoms. The van der Waals surface area contributed by atoms with Crippen LogP contribution >= 0.6 is 0 Å². The topological polar surface area (TPSA) is 62.5 Å². The van der Waals surface area contributed by atoms with Gasteiger partial charge >= 0.3 is 5.97 Å². The van der Waals surface area contributed by atoms with E-state index in [0.29, 0.717) is 17.7 Å². The first-order valence-electron chi connectivity index (χ1n) is 6.61. The quantitative estimate of drug-likeness (QED) is 0.844. The van der Waals surface area contributed by atoms with Gasteiger partial charge in [0, 0.05) is 6.54 Å². The second kappa shape index (κ2) is 5.57. The third-order valence-electron chi connectivity index (χ3n) is 3.87. The van der Waals surface area contributed by atoms with Gasteiger partial charge in [-0.3, -0.25) is 0 Å². The molecule has 0 amide bonds. The van der Waals surface area contributed by atoms with Gasteiger partial charge < -0.3 is 14.8 Å². The Morgan fingerprint density at radius 2 is 2.17 bits per heavy atom. The first-order chi connectivity index (χ1) is 8.61. The van der Waals surface area contributed by atoms with E-state index in [0.717, 1.165) is 6.54 Å². The van der Waals surface area contributed by atoms with Gasteiger partial charge in [-0.15, -0.1) is 0 Å². The smallest absolute Gasteiger partial charge is 0.339 e. The molecule has 1 fully saturated rings. The summed E-state index contributed by atoms with van der Waals surface area (Å²) in [6.45, 7) is 3.72. The number of nitrogens with one attached hydrogen (secondary N) is 1. The Kier molecular flexibility index (Phi) is 4.07. The summed E-state index contributed by atoms with van der Waals surface area (Å²) in [6, 6.07) is 1.50. The Morgan fingerprint density at radius 3 is 2.83 bits per heavy atom. The van der Waals surface area contributed by atoms with Crippen molar-refractivity contribution in [3.63, 3.8) is 0 Å². The van der Waals surface area contributed by atoms with Gasteiger partial charge in [0.05, 0.1) is 12.8 Å². The maximum Gasteiger partial charge on any atom is 0.339 e. The maximum absolute atomic E-state index is 10.9. The highest BCUT2D eigenvalue weighted by Crippen LogP contribution is 2.34. The summed E-state index contributed by atoms with van der Waals surface area (Å²) in [5.41, 5.74) is 0.616. The van der Waals surface area contributed by atoms with Gasteiger partial charge in [-0.25, -0.2) is 4.79 Å². The van der Waals surface area contributed by atoms with Crippen LogP contribution in [0, 0.1) is 5.41 Å². The van der Waals surface area contributed by atoms with Gasteiger partial charge in [-0.1, -0.05) is 26.2 Å². The lowest BCUT2D eigenvalue weighted by Crippen LogP contribution is -2.33. The summed E-state index contributed by atoms with van der Waals surface area (Å²) in [6.07, 6.45) is 7.90. The average Bonchev–Trinajstić information content (AvgIpc) is 2.78. The molecule has 0 aromatic carbocycles. The molecular formula is C14H21NO3. The minimum Gasteiger partial charge on any atom is -0.478 e. The molecule has 1 saturated carbocycles. The highest BCUT2D eigenvalue weighted by Gasteiger charge is 2.26. The molecular weight excluding hydrogens is 230 g/mol. The van der Waals surface area contributed by atoms with Gasteiger partial charge in [0.15, 0.2) is 0 Å². The molecule has 2 N–H and O–H groups in total. The SMILES string of the molecule is CC1(CNCc2occc2C(=O)O)CCCCC1. The van der Waals surface area contributed by atoms with E-state index in [2.05, 4.69) is 12.2 Å². The van der Waals surface area contributed by atoms with E-state index in [9.17, 15) is 4.79 Å². The third-order valence-corrected chi connectivity index (χ3v) is 3.87. The van der Waals surface area contributed by atoms with Crippen molar-refractivity contribution in [2.75, 3.05) is 6.54 Å². The molecule has 1 aliphatic carbocycles. The zero-order valence-electron chi connectivity index (χ0n) is 10.9. The molecule has 18 heavy (non-hydrogen) atoms. The van der Waals surface area contributed by atoms with Crippen LogP contribution in [0.5, 0.6) is 0 Å². The number of carboxylic acids is 1. The molecule has 1 aliphatic rings. The summed E-state index contributed by atoms with van der Waals surface area (Å²) in [5, 5.41) is 12.3. The molecule has 1 aromatic rings. The molecule has 0 atom stereocenters. The number of hydrogen-bond acceptors (Lipinski definition) is 3. The normalized spacial score (nSPS) is 18.7. The predicted octanol–water partition coefficient (Wildman–Crippen LogP) is 3.04. The first-order valence-corrected chi connectivity index (χ1v) is 6.61. The molecule has 1 aromatic heterocycles. The van der Waals surface area contributed by atoms with Crippen LogP contribution in [0.4, 0.5) is 0 Å². The van der Waals surface area contributed by atoms with Gasteiger partial charge in [0.2, 0.25) is 0 Å². The second-order valence-corrected chi connectivity index (χ2v) is 5.54. The Bertz CT molecular complexity index is 405. The number of carboxylic acid groups (broad SMARTS) is 1. The van der Waals surface area contributed by atoms with Crippen molar-refractivity contribution in [1.29, 1.82) is 0 Å². The fourth-order valence-electron chi connectivity index (χ4n) is 2.73. The molecule has 0 aliphatic heterocycles. The third kappa shape index (κ3) is 3.13. The van der Waals surface area contributed by atoms with Crippen molar-refractivity contribution in [2.45, 2.75) is 45.6 Å². The number of carbonyl (C=O) groups is 1. The van der Waals surface area contributed by atoms with Gasteiger partial charge in [0.25, 0.3) is 0 Å². The second-order valence-electron chi connectivity index (χ2n) is 5.54. The van der Waals surface area contributed by atoms with Crippen LogP contribution < -0.4 is 5.32 Å². The number of hydrogen-bond donors (Lipinski definition) is 2. The van der Waals surface area contributed by atoms with Crippen LogP contribution in [-0.4, -0.2) is 17.6 Å². The maximum atomic E-state index is 10.9. The summed E-state index contributed by atoms with van der Waals surface area (Å²) in [4.78, 5) is 10.9. The Morgan fingerprint density at radius 1 is 1.44 bits per heavy atom. The van der Waals surface area contributed by atoms with Crippen LogP contribution in [0.2, 0.25) is 0 Å². The Hall–Kier alpha value is -1.29. The molecule has 0 unspecified atom stereocenters. The summed E-state index contributed by atoms with van der Waals surface area (Å²) < 4.78 is 5.20.